The number of hydrogen-bond acceptors (Lipinski definition) is 4. The number of thiazole rings is 1. The Bertz CT molecular complexity index is 437. The Morgan fingerprint density at radius 2 is 2.21 bits per heavy atom. The molecule has 0 aliphatic rings. The van der Waals surface area contributed by atoms with Crippen LogP contribution in [0.15, 0.2) is 40.1 Å². The van der Waals surface area contributed by atoms with Crippen molar-refractivity contribution in [2.75, 3.05) is 0 Å². The molecule has 0 aliphatic carbocycles. The van der Waals surface area contributed by atoms with Crippen LogP contribution in [-0.4, -0.2) is 16.3 Å². The van der Waals surface area contributed by atoms with E-state index in [1.54, 1.807) is 29.9 Å². The molecule has 0 spiro atoms. The van der Waals surface area contributed by atoms with Crippen molar-refractivity contribution in [3.63, 3.8) is 0 Å². The van der Waals surface area contributed by atoms with E-state index >= 15 is 0 Å². The molecule has 0 atom stereocenters. The molecule has 0 saturated carbocycles. The molecule has 0 aliphatic heterocycles. The lowest BCUT2D eigenvalue weighted by atomic mass is 10.3. The minimum atomic E-state index is 0.180. The molecule has 14 heavy (non-hydrogen) atoms. The van der Waals surface area contributed by atoms with E-state index in [2.05, 4.69) is 9.98 Å². The summed E-state index contributed by atoms with van der Waals surface area (Å²) in [5.41, 5.74) is 3.10. The molecule has 0 fully saturated rings. The lowest BCUT2D eigenvalue weighted by Gasteiger charge is -1.95. The standard InChI is InChI=1S/C10H8N2OS/c13-10-4-2-1-3-9(10)11-5-8-6-14-7-12-8/h1-7,13H. The second-order valence-electron chi connectivity index (χ2n) is 2.66. The highest BCUT2D eigenvalue weighted by atomic mass is 32.1. The number of aromatic nitrogens is 1. The van der Waals surface area contributed by atoms with Gasteiger partial charge in [0.1, 0.15) is 11.4 Å². The highest BCUT2D eigenvalue weighted by Crippen LogP contribution is 2.24. The summed E-state index contributed by atoms with van der Waals surface area (Å²) < 4.78 is 0. The monoisotopic (exact) mass is 204 g/mol. The van der Waals surface area contributed by atoms with Gasteiger partial charge in [0.25, 0.3) is 0 Å². The Kier molecular flexibility index (Phi) is 2.55. The van der Waals surface area contributed by atoms with Gasteiger partial charge in [0.05, 0.1) is 17.4 Å². The number of aliphatic imine (C=N–C) groups is 1. The van der Waals surface area contributed by atoms with Gasteiger partial charge in [-0.2, -0.15) is 0 Å². The molecular formula is C10H8N2OS. The van der Waals surface area contributed by atoms with E-state index in [0.717, 1.165) is 5.69 Å². The van der Waals surface area contributed by atoms with Crippen molar-refractivity contribution in [3.05, 3.63) is 40.8 Å². The lowest BCUT2D eigenvalue weighted by Crippen LogP contribution is -1.77. The molecule has 1 N–H and O–H groups in total. The Labute approximate surface area is 85.4 Å². The van der Waals surface area contributed by atoms with Gasteiger partial charge in [0.2, 0.25) is 0 Å². The van der Waals surface area contributed by atoms with Crippen LogP contribution >= 0.6 is 11.3 Å². The zero-order valence-corrected chi connectivity index (χ0v) is 8.11. The molecule has 4 heteroatoms. The molecule has 70 valence electrons. The van der Waals surface area contributed by atoms with Gasteiger partial charge in [-0.1, -0.05) is 12.1 Å². The van der Waals surface area contributed by atoms with Crippen molar-refractivity contribution in [1.29, 1.82) is 0 Å². The summed E-state index contributed by atoms with van der Waals surface area (Å²) in [5.74, 6) is 0.180. The number of benzene rings is 1. The number of nitrogens with zero attached hydrogens (tertiary/aromatic N) is 2. The third-order valence-corrected chi connectivity index (χ3v) is 2.27. The van der Waals surface area contributed by atoms with E-state index in [0.29, 0.717) is 5.69 Å². The number of phenols is 1. The summed E-state index contributed by atoms with van der Waals surface area (Å²) in [6, 6.07) is 6.94. The largest absolute Gasteiger partial charge is 0.506 e. The van der Waals surface area contributed by atoms with Gasteiger partial charge in [0.15, 0.2) is 0 Å². The zero-order chi connectivity index (χ0) is 9.80. The topological polar surface area (TPSA) is 45.5 Å². The van der Waals surface area contributed by atoms with Crippen LogP contribution in [0.3, 0.4) is 0 Å². The number of para-hydroxylation sites is 2. The first-order valence-corrected chi connectivity index (χ1v) is 5.01. The molecule has 0 saturated heterocycles. The first kappa shape index (κ1) is 8.90. The molecule has 1 heterocycles. The van der Waals surface area contributed by atoms with E-state index in [-0.39, 0.29) is 5.75 Å². The lowest BCUT2D eigenvalue weighted by molar-refractivity contribution is 0.477. The molecule has 0 radical (unpaired) electrons. The number of hydrogen-bond donors (Lipinski definition) is 1. The van der Waals surface area contributed by atoms with Gasteiger partial charge in [-0.3, -0.25) is 4.99 Å². The SMILES string of the molecule is Oc1ccccc1N=Cc1cscn1. The second-order valence-corrected chi connectivity index (χ2v) is 3.38. The number of aromatic hydroxyl groups is 1. The van der Waals surface area contributed by atoms with Crippen LogP contribution in [0.5, 0.6) is 5.75 Å². The second kappa shape index (κ2) is 4.02. The van der Waals surface area contributed by atoms with Crippen molar-refractivity contribution < 1.29 is 5.11 Å². The first-order valence-electron chi connectivity index (χ1n) is 4.06. The summed E-state index contributed by atoms with van der Waals surface area (Å²) in [5, 5.41) is 11.3. The van der Waals surface area contributed by atoms with Crippen LogP contribution in [0.4, 0.5) is 5.69 Å². The van der Waals surface area contributed by atoms with Crippen molar-refractivity contribution in [2.45, 2.75) is 0 Å². The molecule has 0 bridgehead atoms. The molecule has 3 nitrogen and oxygen atoms in total. The van der Waals surface area contributed by atoms with E-state index in [1.165, 1.54) is 11.3 Å². The van der Waals surface area contributed by atoms with Crippen LogP contribution in [0, 0.1) is 0 Å². The maximum absolute atomic E-state index is 9.41. The molecule has 1 aromatic heterocycles. The molecule has 2 rings (SSSR count). The summed E-state index contributed by atoms with van der Waals surface area (Å²) in [6.45, 7) is 0. The van der Waals surface area contributed by atoms with E-state index in [1.807, 2.05) is 11.4 Å². The summed E-state index contributed by atoms with van der Waals surface area (Å²) >= 11 is 1.51. The minimum Gasteiger partial charge on any atom is -0.506 e. The summed E-state index contributed by atoms with van der Waals surface area (Å²) in [4.78, 5) is 8.17. The van der Waals surface area contributed by atoms with Gasteiger partial charge in [-0.25, -0.2) is 4.98 Å². The number of rotatable bonds is 2. The van der Waals surface area contributed by atoms with Gasteiger partial charge in [-0.05, 0) is 12.1 Å². The quantitative estimate of drug-likeness (QED) is 0.764. The average molecular weight is 204 g/mol. The van der Waals surface area contributed by atoms with E-state index in [4.69, 9.17) is 0 Å². The van der Waals surface area contributed by atoms with Crippen LogP contribution in [-0.2, 0) is 0 Å². The zero-order valence-electron chi connectivity index (χ0n) is 7.29. The van der Waals surface area contributed by atoms with E-state index < -0.39 is 0 Å². The van der Waals surface area contributed by atoms with Crippen LogP contribution in [0.2, 0.25) is 0 Å². The Morgan fingerprint density at radius 3 is 2.93 bits per heavy atom. The fraction of sp³-hybridized carbons (Fsp3) is 0. The van der Waals surface area contributed by atoms with E-state index in [9.17, 15) is 5.11 Å². The third kappa shape index (κ3) is 1.97. The maximum Gasteiger partial charge on any atom is 0.141 e. The normalized spacial score (nSPS) is 10.9. The van der Waals surface area contributed by atoms with Crippen molar-refractivity contribution in [2.24, 2.45) is 4.99 Å². The van der Waals surface area contributed by atoms with Crippen LogP contribution in [0.1, 0.15) is 5.69 Å². The average Bonchev–Trinajstić information content (AvgIpc) is 2.69. The van der Waals surface area contributed by atoms with Crippen LogP contribution in [0.25, 0.3) is 0 Å². The smallest absolute Gasteiger partial charge is 0.141 e. The van der Waals surface area contributed by atoms with Gasteiger partial charge < -0.3 is 5.11 Å². The Hall–Kier alpha value is -1.68. The van der Waals surface area contributed by atoms with Gasteiger partial charge in [0, 0.05) is 5.38 Å². The van der Waals surface area contributed by atoms with Crippen molar-refractivity contribution >= 4 is 23.2 Å². The van der Waals surface area contributed by atoms with Gasteiger partial charge in [-0.15, -0.1) is 11.3 Å². The molecule has 2 aromatic rings. The molecule has 0 amide bonds. The minimum absolute atomic E-state index is 0.180. The highest BCUT2D eigenvalue weighted by Gasteiger charge is 1.95. The Morgan fingerprint density at radius 1 is 1.36 bits per heavy atom. The van der Waals surface area contributed by atoms with Crippen molar-refractivity contribution in [1.82, 2.24) is 4.98 Å². The fourth-order valence-electron chi connectivity index (χ4n) is 0.995. The number of phenolic OH excluding ortho intramolecular Hbond substituents is 1. The molecular weight excluding hydrogens is 196 g/mol. The Balaban J connectivity index is 2.23. The van der Waals surface area contributed by atoms with Crippen LogP contribution < -0.4 is 0 Å². The van der Waals surface area contributed by atoms with Crippen molar-refractivity contribution in [3.8, 4) is 5.75 Å². The first-order chi connectivity index (χ1) is 6.86. The molecule has 1 aromatic carbocycles. The summed E-state index contributed by atoms with van der Waals surface area (Å²) in [7, 11) is 0. The third-order valence-electron chi connectivity index (χ3n) is 1.67. The summed E-state index contributed by atoms with van der Waals surface area (Å²) in [6.07, 6.45) is 1.63. The van der Waals surface area contributed by atoms with Gasteiger partial charge >= 0.3 is 0 Å². The highest BCUT2D eigenvalue weighted by molar-refractivity contribution is 7.07. The molecule has 0 unspecified atom stereocenters. The predicted octanol–water partition coefficient (Wildman–Crippen LogP) is 2.60. The fourth-order valence-corrected chi connectivity index (χ4v) is 1.50. The maximum atomic E-state index is 9.41. The predicted molar refractivity (Wildman–Crippen MR) is 57.5 cm³/mol.